The summed E-state index contributed by atoms with van der Waals surface area (Å²) in [6.07, 6.45) is 3.18. The van der Waals surface area contributed by atoms with Crippen molar-refractivity contribution in [2.24, 2.45) is 0 Å². The number of benzene rings is 1. The van der Waals surface area contributed by atoms with Crippen molar-refractivity contribution in [3.63, 3.8) is 0 Å². The molecular formula is C12H12O4. The zero-order chi connectivity index (χ0) is 11.7. The van der Waals surface area contributed by atoms with E-state index in [0.29, 0.717) is 24.0 Å². The normalized spacial score (nSPS) is 14.2. The third kappa shape index (κ3) is 1.66. The largest absolute Gasteiger partial charge is 0.478 e. The van der Waals surface area contributed by atoms with E-state index in [2.05, 4.69) is 0 Å². The highest BCUT2D eigenvalue weighted by molar-refractivity contribution is 5.95. The molecule has 0 aliphatic heterocycles. The molecule has 0 heterocycles. The lowest BCUT2D eigenvalue weighted by molar-refractivity contribution is 0.0678. The van der Waals surface area contributed by atoms with Gasteiger partial charge in [-0.2, -0.15) is 0 Å². The summed E-state index contributed by atoms with van der Waals surface area (Å²) in [5.41, 5.74) is 1.91. The van der Waals surface area contributed by atoms with Gasteiger partial charge in [0.1, 0.15) is 0 Å². The lowest BCUT2D eigenvalue weighted by atomic mass is 9.85. The van der Waals surface area contributed by atoms with Crippen LogP contribution in [0.15, 0.2) is 12.1 Å². The number of fused-ring (bicyclic) bond motifs is 1. The third-order valence-corrected chi connectivity index (χ3v) is 3.00. The van der Waals surface area contributed by atoms with E-state index in [-0.39, 0.29) is 11.1 Å². The van der Waals surface area contributed by atoms with Crippen molar-refractivity contribution >= 4 is 11.9 Å². The van der Waals surface area contributed by atoms with Gasteiger partial charge in [0.15, 0.2) is 0 Å². The third-order valence-electron chi connectivity index (χ3n) is 3.00. The molecule has 4 nitrogen and oxygen atoms in total. The van der Waals surface area contributed by atoms with E-state index in [1.54, 1.807) is 0 Å². The van der Waals surface area contributed by atoms with Crippen molar-refractivity contribution in [2.45, 2.75) is 25.7 Å². The van der Waals surface area contributed by atoms with Crippen LogP contribution in [-0.2, 0) is 12.8 Å². The van der Waals surface area contributed by atoms with Crippen LogP contribution >= 0.6 is 0 Å². The second-order valence-corrected chi connectivity index (χ2v) is 3.94. The van der Waals surface area contributed by atoms with Gasteiger partial charge in [-0.1, -0.05) is 0 Å². The van der Waals surface area contributed by atoms with Gasteiger partial charge in [0.2, 0.25) is 0 Å². The van der Waals surface area contributed by atoms with Gasteiger partial charge < -0.3 is 10.2 Å². The molecule has 0 fully saturated rings. The standard InChI is InChI=1S/C12H12O4/c13-11(14)9-5-6-10(12(15)16)8-4-2-1-3-7(8)9/h5-6H,1-4H2,(H,13,14)(H,15,16). The van der Waals surface area contributed by atoms with Crippen molar-refractivity contribution in [2.75, 3.05) is 0 Å². The number of carbonyl (C=O) groups is 2. The molecule has 0 atom stereocenters. The van der Waals surface area contributed by atoms with E-state index in [1.165, 1.54) is 12.1 Å². The molecule has 0 saturated carbocycles. The lowest BCUT2D eigenvalue weighted by Crippen LogP contribution is -2.15. The van der Waals surface area contributed by atoms with Crippen LogP contribution in [0.1, 0.15) is 44.7 Å². The molecule has 0 unspecified atom stereocenters. The van der Waals surface area contributed by atoms with Gasteiger partial charge in [0.05, 0.1) is 11.1 Å². The highest BCUT2D eigenvalue weighted by atomic mass is 16.4. The van der Waals surface area contributed by atoms with Crippen LogP contribution in [0.25, 0.3) is 0 Å². The van der Waals surface area contributed by atoms with Gasteiger partial charge >= 0.3 is 11.9 Å². The van der Waals surface area contributed by atoms with Crippen LogP contribution in [0, 0.1) is 0 Å². The van der Waals surface area contributed by atoms with Crippen LogP contribution < -0.4 is 0 Å². The predicted molar refractivity (Wildman–Crippen MR) is 57.0 cm³/mol. The quantitative estimate of drug-likeness (QED) is 0.798. The minimum atomic E-state index is -0.977. The maximum absolute atomic E-state index is 11.0. The number of hydrogen-bond acceptors (Lipinski definition) is 2. The Morgan fingerprint density at radius 1 is 0.875 bits per heavy atom. The molecule has 0 saturated heterocycles. The number of hydrogen-bond donors (Lipinski definition) is 2. The Kier molecular flexibility index (Phi) is 2.64. The van der Waals surface area contributed by atoms with Crippen molar-refractivity contribution in [3.8, 4) is 0 Å². The van der Waals surface area contributed by atoms with Crippen LogP contribution in [0.4, 0.5) is 0 Å². The zero-order valence-corrected chi connectivity index (χ0v) is 8.69. The fraction of sp³-hybridized carbons (Fsp3) is 0.333. The lowest BCUT2D eigenvalue weighted by Gasteiger charge is -2.19. The van der Waals surface area contributed by atoms with Gasteiger partial charge in [-0.25, -0.2) is 9.59 Å². The average Bonchev–Trinajstić information content (AvgIpc) is 2.27. The molecule has 0 radical (unpaired) electrons. The molecule has 4 heteroatoms. The Morgan fingerprint density at radius 2 is 1.25 bits per heavy atom. The van der Waals surface area contributed by atoms with Crippen molar-refractivity contribution in [1.29, 1.82) is 0 Å². The topological polar surface area (TPSA) is 74.6 Å². The van der Waals surface area contributed by atoms with Crippen molar-refractivity contribution in [1.82, 2.24) is 0 Å². The Bertz CT molecular complexity index is 419. The Hall–Kier alpha value is -1.84. The minimum absolute atomic E-state index is 0.250. The minimum Gasteiger partial charge on any atom is -0.478 e. The van der Waals surface area contributed by atoms with Gasteiger partial charge in [-0.15, -0.1) is 0 Å². The predicted octanol–water partition coefficient (Wildman–Crippen LogP) is 1.96. The maximum atomic E-state index is 11.0. The van der Waals surface area contributed by atoms with Gasteiger partial charge in [-0.05, 0) is 48.9 Å². The summed E-state index contributed by atoms with van der Waals surface area (Å²) in [6.45, 7) is 0. The number of aromatic carboxylic acids is 2. The molecule has 1 aliphatic carbocycles. The van der Waals surface area contributed by atoms with Crippen LogP contribution in [0.5, 0.6) is 0 Å². The van der Waals surface area contributed by atoms with Crippen LogP contribution in [-0.4, -0.2) is 22.2 Å². The number of rotatable bonds is 2. The summed E-state index contributed by atoms with van der Waals surface area (Å²) in [5.74, 6) is -1.95. The Balaban J connectivity index is 2.63. The first-order valence-electron chi connectivity index (χ1n) is 5.22. The summed E-state index contributed by atoms with van der Waals surface area (Å²) >= 11 is 0. The summed E-state index contributed by atoms with van der Waals surface area (Å²) in [6, 6.07) is 2.80. The second kappa shape index (κ2) is 3.96. The molecule has 1 aromatic rings. The highest BCUT2D eigenvalue weighted by Crippen LogP contribution is 2.27. The first kappa shape index (κ1) is 10.7. The fourth-order valence-corrected chi connectivity index (χ4v) is 2.27. The van der Waals surface area contributed by atoms with E-state index in [1.807, 2.05) is 0 Å². The van der Waals surface area contributed by atoms with Crippen molar-refractivity contribution in [3.05, 3.63) is 34.4 Å². The molecule has 0 amide bonds. The van der Waals surface area contributed by atoms with E-state index >= 15 is 0 Å². The molecule has 2 N–H and O–H groups in total. The molecule has 0 spiro atoms. The van der Waals surface area contributed by atoms with Crippen LogP contribution in [0.3, 0.4) is 0 Å². The van der Waals surface area contributed by atoms with Gasteiger partial charge in [0.25, 0.3) is 0 Å². The fourth-order valence-electron chi connectivity index (χ4n) is 2.27. The average molecular weight is 220 g/mol. The molecule has 16 heavy (non-hydrogen) atoms. The monoisotopic (exact) mass is 220 g/mol. The van der Waals surface area contributed by atoms with Crippen LogP contribution in [0.2, 0.25) is 0 Å². The zero-order valence-electron chi connectivity index (χ0n) is 8.69. The van der Waals surface area contributed by atoms with E-state index in [9.17, 15) is 9.59 Å². The first-order valence-corrected chi connectivity index (χ1v) is 5.22. The highest BCUT2D eigenvalue weighted by Gasteiger charge is 2.22. The first-order chi connectivity index (χ1) is 7.61. The van der Waals surface area contributed by atoms with E-state index in [4.69, 9.17) is 10.2 Å². The van der Waals surface area contributed by atoms with E-state index < -0.39 is 11.9 Å². The second-order valence-electron chi connectivity index (χ2n) is 3.94. The molecule has 0 aromatic heterocycles. The molecule has 84 valence electrons. The van der Waals surface area contributed by atoms with Gasteiger partial charge in [0, 0.05) is 0 Å². The summed E-state index contributed by atoms with van der Waals surface area (Å²) in [7, 11) is 0. The summed E-state index contributed by atoms with van der Waals surface area (Å²) < 4.78 is 0. The maximum Gasteiger partial charge on any atom is 0.335 e. The molecule has 1 aromatic carbocycles. The molecule has 0 bridgehead atoms. The van der Waals surface area contributed by atoms with Crippen molar-refractivity contribution < 1.29 is 19.8 Å². The Morgan fingerprint density at radius 3 is 1.56 bits per heavy atom. The summed E-state index contributed by atoms with van der Waals surface area (Å²) in [4.78, 5) is 22.0. The summed E-state index contributed by atoms with van der Waals surface area (Å²) in [5, 5.41) is 18.0. The number of carboxylic acids is 2. The molecule has 1 aliphatic rings. The number of carboxylic acid groups (broad SMARTS) is 2. The van der Waals surface area contributed by atoms with E-state index in [0.717, 1.165) is 12.8 Å². The molecular weight excluding hydrogens is 208 g/mol. The Labute approximate surface area is 92.5 Å². The smallest absolute Gasteiger partial charge is 0.335 e. The molecule has 2 rings (SSSR count). The SMILES string of the molecule is O=C(O)c1ccc(C(=O)O)c2c1CCCC2. The van der Waals surface area contributed by atoms with Gasteiger partial charge in [-0.3, -0.25) is 0 Å².